The highest BCUT2D eigenvalue weighted by Gasteiger charge is 2.60. The van der Waals surface area contributed by atoms with Crippen LogP contribution in [-0.4, -0.2) is 49.3 Å². The third kappa shape index (κ3) is 3.10. The molecular weight excluding hydrogens is 432 g/mol. The number of hydroxylamine groups is 2. The van der Waals surface area contributed by atoms with Crippen molar-refractivity contribution in [3.05, 3.63) is 52.0 Å². The predicted molar refractivity (Wildman–Crippen MR) is 119 cm³/mol. The molecule has 1 unspecified atom stereocenters. The fraction of sp³-hybridized carbons (Fsp3) is 0.417. The summed E-state index contributed by atoms with van der Waals surface area (Å²) >= 11 is 6.23. The van der Waals surface area contributed by atoms with Gasteiger partial charge in [0.1, 0.15) is 11.5 Å². The highest BCUT2D eigenvalue weighted by Crippen LogP contribution is 2.48. The second-order valence-corrected chi connectivity index (χ2v) is 9.04. The van der Waals surface area contributed by atoms with Gasteiger partial charge in [-0.05, 0) is 67.6 Å². The average Bonchev–Trinajstić information content (AvgIpc) is 3.30. The van der Waals surface area contributed by atoms with Crippen molar-refractivity contribution in [3.63, 3.8) is 0 Å². The molecule has 0 aromatic heterocycles. The second-order valence-electron chi connectivity index (χ2n) is 8.60. The van der Waals surface area contributed by atoms with Gasteiger partial charge in [0.2, 0.25) is 12.7 Å². The van der Waals surface area contributed by atoms with Crippen LogP contribution in [0, 0.1) is 13.8 Å². The van der Waals surface area contributed by atoms with Crippen molar-refractivity contribution < 1.29 is 23.9 Å². The number of ketones is 1. The molecule has 0 bridgehead atoms. The molecule has 1 atom stereocenters. The number of carbonyl (C=O) groups excluding carboxylic acids is 2. The Bertz CT molecular complexity index is 1090. The largest absolute Gasteiger partial charge is 0.454 e. The summed E-state index contributed by atoms with van der Waals surface area (Å²) in [5, 5.41) is 2.42. The maximum Gasteiger partial charge on any atom is 0.243 e. The lowest BCUT2D eigenvalue weighted by Crippen LogP contribution is -2.56. The van der Waals surface area contributed by atoms with E-state index in [1.54, 1.807) is 24.1 Å². The number of aryl methyl sites for hydroxylation is 2. The third-order valence-electron chi connectivity index (χ3n) is 6.89. The number of nitrogens with zero attached hydrogens (tertiary/aromatic N) is 2. The van der Waals surface area contributed by atoms with Crippen LogP contribution in [0.3, 0.4) is 0 Å². The van der Waals surface area contributed by atoms with E-state index in [-0.39, 0.29) is 18.5 Å². The monoisotopic (exact) mass is 456 g/mol. The normalized spacial score (nSPS) is 22.2. The second kappa shape index (κ2) is 7.76. The molecule has 1 spiro atoms. The fourth-order valence-electron chi connectivity index (χ4n) is 5.37. The first-order chi connectivity index (χ1) is 15.4. The van der Waals surface area contributed by atoms with Gasteiger partial charge in [0.05, 0.1) is 7.11 Å². The SMILES string of the molecule is CON1CCC2(CC1)C(=O)C(c1c(C)cc(Cl)cc1C)C(=O)N2c1ccc2c(c1)OCO2. The minimum absolute atomic E-state index is 0.0653. The quantitative estimate of drug-likeness (QED) is 0.655. The molecular formula is C24H25ClN2O5. The van der Waals surface area contributed by atoms with E-state index in [1.165, 1.54) is 0 Å². The zero-order valence-electron chi connectivity index (χ0n) is 18.3. The molecule has 168 valence electrons. The van der Waals surface area contributed by atoms with Crippen LogP contribution in [0.5, 0.6) is 11.5 Å². The number of piperidine rings is 1. The summed E-state index contributed by atoms with van der Waals surface area (Å²) in [7, 11) is 1.62. The van der Waals surface area contributed by atoms with Gasteiger partial charge >= 0.3 is 0 Å². The summed E-state index contributed by atoms with van der Waals surface area (Å²) in [4.78, 5) is 35.2. The number of ether oxygens (including phenoxy) is 2. The number of Topliss-reactive ketones (excluding diaryl/α,β-unsaturated/α-hetero) is 1. The van der Waals surface area contributed by atoms with E-state index in [4.69, 9.17) is 25.9 Å². The standard InChI is InChI=1S/C24H25ClN2O5/c1-14-10-16(25)11-15(2)20(14)21-22(28)24(6-8-26(30-3)9-7-24)27(23(21)29)17-4-5-18-19(12-17)32-13-31-18/h4-5,10-12,21H,6-9,13H2,1-3H3. The van der Waals surface area contributed by atoms with Gasteiger partial charge in [-0.1, -0.05) is 11.6 Å². The smallest absolute Gasteiger partial charge is 0.243 e. The van der Waals surface area contributed by atoms with Crippen molar-refractivity contribution in [3.8, 4) is 11.5 Å². The van der Waals surface area contributed by atoms with Crippen molar-refractivity contribution in [1.82, 2.24) is 5.06 Å². The van der Waals surface area contributed by atoms with E-state index in [2.05, 4.69) is 0 Å². The first kappa shape index (κ1) is 21.2. The molecule has 32 heavy (non-hydrogen) atoms. The molecule has 0 radical (unpaired) electrons. The van der Waals surface area contributed by atoms with E-state index in [1.807, 2.05) is 37.1 Å². The number of carbonyl (C=O) groups is 2. The molecule has 2 aromatic carbocycles. The summed E-state index contributed by atoms with van der Waals surface area (Å²) in [6.07, 6.45) is 0.976. The Morgan fingerprint density at radius 2 is 1.69 bits per heavy atom. The van der Waals surface area contributed by atoms with E-state index in [0.29, 0.717) is 48.1 Å². The molecule has 0 aliphatic carbocycles. The van der Waals surface area contributed by atoms with E-state index < -0.39 is 11.5 Å². The summed E-state index contributed by atoms with van der Waals surface area (Å²) in [6, 6.07) is 9.04. The molecule has 7 nitrogen and oxygen atoms in total. The molecule has 2 fully saturated rings. The van der Waals surface area contributed by atoms with Crippen molar-refractivity contribution in [2.45, 2.75) is 38.1 Å². The number of hydrogen-bond donors (Lipinski definition) is 0. The van der Waals surface area contributed by atoms with Crippen LogP contribution in [0.1, 0.15) is 35.4 Å². The number of hydrogen-bond acceptors (Lipinski definition) is 6. The molecule has 3 aliphatic heterocycles. The third-order valence-corrected chi connectivity index (χ3v) is 7.10. The molecule has 0 N–H and O–H groups in total. The summed E-state index contributed by atoms with van der Waals surface area (Å²) in [5.41, 5.74) is 2.15. The van der Waals surface area contributed by atoms with Gasteiger partial charge < -0.3 is 14.3 Å². The number of rotatable bonds is 3. The Morgan fingerprint density at radius 3 is 2.34 bits per heavy atom. The van der Waals surface area contributed by atoms with Crippen LogP contribution < -0.4 is 14.4 Å². The maximum atomic E-state index is 14.1. The predicted octanol–water partition coefficient (Wildman–Crippen LogP) is 3.78. The number of amides is 1. The molecule has 2 saturated heterocycles. The fourth-order valence-corrected chi connectivity index (χ4v) is 5.70. The lowest BCUT2D eigenvalue weighted by Gasteiger charge is -2.42. The molecule has 3 heterocycles. The topological polar surface area (TPSA) is 68.3 Å². The lowest BCUT2D eigenvalue weighted by atomic mass is 9.78. The number of fused-ring (bicyclic) bond motifs is 1. The van der Waals surface area contributed by atoms with Gasteiger partial charge in [0.25, 0.3) is 0 Å². The lowest BCUT2D eigenvalue weighted by molar-refractivity contribution is -0.155. The van der Waals surface area contributed by atoms with Gasteiger partial charge in [-0.15, -0.1) is 0 Å². The Hall–Kier alpha value is -2.61. The van der Waals surface area contributed by atoms with E-state index >= 15 is 0 Å². The first-order valence-corrected chi connectivity index (χ1v) is 11.1. The molecule has 8 heteroatoms. The summed E-state index contributed by atoms with van der Waals surface area (Å²) in [6.45, 7) is 5.06. The Labute approximate surface area is 191 Å². The minimum atomic E-state index is -0.941. The van der Waals surface area contributed by atoms with Crippen molar-refractivity contribution in [2.75, 3.05) is 31.9 Å². The highest BCUT2D eigenvalue weighted by atomic mass is 35.5. The van der Waals surface area contributed by atoms with E-state index in [0.717, 1.165) is 16.7 Å². The van der Waals surface area contributed by atoms with Gasteiger partial charge in [-0.25, -0.2) is 0 Å². The van der Waals surface area contributed by atoms with Gasteiger partial charge in [0.15, 0.2) is 17.3 Å². The van der Waals surface area contributed by atoms with Crippen LogP contribution in [0.25, 0.3) is 0 Å². The molecule has 2 aromatic rings. The zero-order valence-corrected chi connectivity index (χ0v) is 19.1. The Morgan fingerprint density at radius 1 is 1.03 bits per heavy atom. The van der Waals surface area contributed by atoms with Gasteiger partial charge in [-0.3, -0.25) is 14.5 Å². The maximum absolute atomic E-state index is 14.1. The van der Waals surface area contributed by atoms with Crippen LogP contribution in [0.4, 0.5) is 5.69 Å². The van der Waals surface area contributed by atoms with Crippen LogP contribution in [0.15, 0.2) is 30.3 Å². The number of benzene rings is 2. The zero-order chi connectivity index (χ0) is 22.6. The van der Waals surface area contributed by atoms with E-state index in [9.17, 15) is 9.59 Å². The van der Waals surface area contributed by atoms with Gasteiger partial charge in [-0.2, -0.15) is 5.06 Å². The van der Waals surface area contributed by atoms with Crippen molar-refractivity contribution in [2.24, 2.45) is 0 Å². The minimum Gasteiger partial charge on any atom is -0.454 e. The average molecular weight is 457 g/mol. The van der Waals surface area contributed by atoms with Crippen LogP contribution in [-0.2, 0) is 14.4 Å². The molecule has 1 amide bonds. The summed E-state index contributed by atoms with van der Waals surface area (Å²) < 4.78 is 11.0. The number of anilines is 1. The molecule has 0 saturated carbocycles. The van der Waals surface area contributed by atoms with Crippen LogP contribution in [0.2, 0.25) is 5.02 Å². The van der Waals surface area contributed by atoms with Gasteiger partial charge in [0, 0.05) is 29.9 Å². The first-order valence-electron chi connectivity index (χ1n) is 10.7. The van der Waals surface area contributed by atoms with Crippen LogP contribution >= 0.6 is 11.6 Å². The van der Waals surface area contributed by atoms with Crippen molar-refractivity contribution >= 4 is 29.0 Å². The highest BCUT2D eigenvalue weighted by molar-refractivity contribution is 6.31. The molecule has 3 aliphatic rings. The molecule has 5 rings (SSSR count). The number of halogens is 1. The van der Waals surface area contributed by atoms with Crippen molar-refractivity contribution in [1.29, 1.82) is 0 Å². The Kier molecular flexibility index (Phi) is 5.15. The summed E-state index contributed by atoms with van der Waals surface area (Å²) in [5.74, 6) is 0.0647. The Balaban J connectivity index is 1.64.